The molecular weight excluding hydrogens is 391 g/mol. The van der Waals surface area contributed by atoms with Crippen molar-refractivity contribution < 1.29 is 28.1 Å². The van der Waals surface area contributed by atoms with Gasteiger partial charge in [-0.15, -0.1) is 0 Å². The first-order valence-electron chi connectivity index (χ1n) is 9.60. The van der Waals surface area contributed by atoms with E-state index in [1.54, 1.807) is 20.3 Å². The number of carbonyl (C=O) groups excluding carboxylic acids is 1. The van der Waals surface area contributed by atoms with Gasteiger partial charge in [-0.2, -0.15) is 0 Å². The smallest absolute Gasteiger partial charge is 0.291 e. The topological polar surface area (TPSA) is 78.4 Å². The lowest BCUT2D eigenvalue weighted by Gasteiger charge is -2.12. The van der Waals surface area contributed by atoms with Gasteiger partial charge in [0.1, 0.15) is 12.4 Å². The summed E-state index contributed by atoms with van der Waals surface area (Å²) in [4.78, 5) is 16.7. The Bertz CT molecular complexity index is 857. The third kappa shape index (κ3) is 7.04. The van der Waals surface area contributed by atoms with Crippen LogP contribution in [-0.4, -0.2) is 52.5 Å². The summed E-state index contributed by atoms with van der Waals surface area (Å²) in [6.45, 7) is 3.33. The highest BCUT2D eigenvalue weighted by Crippen LogP contribution is 2.27. The molecule has 8 heteroatoms. The number of amidine groups is 1. The van der Waals surface area contributed by atoms with E-state index in [4.69, 9.17) is 18.9 Å². The molecule has 0 atom stereocenters. The SMILES string of the molecule is CCOCCOC(=NCCc1ccc(OC)c(OC)c1)NC(=O)c1ccccc1F. The molecule has 0 unspecified atom stereocenters. The van der Waals surface area contributed by atoms with Gasteiger partial charge in [-0.05, 0) is 43.2 Å². The van der Waals surface area contributed by atoms with Gasteiger partial charge < -0.3 is 18.9 Å². The van der Waals surface area contributed by atoms with Gasteiger partial charge in [0.15, 0.2) is 11.5 Å². The Kier molecular flexibility index (Phi) is 9.60. The molecule has 0 aliphatic rings. The molecule has 0 aliphatic heterocycles. The fraction of sp³-hybridized carbons (Fsp3) is 0.364. The summed E-state index contributed by atoms with van der Waals surface area (Å²) in [6, 6.07) is 11.3. The van der Waals surface area contributed by atoms with E-state index in [1.165, 1.54) is 18.2 Å². The van der Waals surface area contributed by atoms with Crippen LogP contribution in [-0.2, 0) is 15.9 Å². The fourth-order valence-electron chi connectivity index (χ4n) is 2.60. The first-order chi connectivity index (χ1) is 14.6. The van der Waals surface area contributed by atoms with Crippen LogP contribution in [0.15, 0.2) is 47.5 Å². The quantitative estimate of drug-likeness (QED) is 0.364. The number of rotatable bonds is 10. The van der Waals surface area contributed by atoms with Gasteiger partial charge in [0.25, 0.3) is 11.9 Å². The Morgan fingerprint density at radius 1 is 1.07 bits per heavy atom. The molecule has 0 bridgehead atoms. The maximum absolute atomic E-state index is 13.9. The van der Waals surface area contributed by atoms with Crippen LogP contribution in [0.1, 0.15) is 22.8 Å². The largest absolute Gasteiger partial charge is 0.493 e. The molecule has 2 rings (SSSR count). The Morgan fingerprint density at radius 2 is 1.83 bits per heavy atom. The van der Waals surface area contributed by atoms with Gasteiger partial charge in [0.2, 0.25) is 0 Å². The standard InChI is InChI=1S/C22H27FN2O5/c1-4-29-13-14-30-22(25-21(26)17-7-5-6-8-18(17)23)24-12-11-16-9-10-19(27-2)20(15-16)28-3/h5-10,15H,4,11-14H2,1-3H3,(H,24,25,26). The third-order valence-electron chi connectivity index (χ3n) is 4.11. The minimum atomic E-state index is -0.630. The summed E-state index contributed by atoms with van der Waals surface area (Å²) in [7, 11) is 3.15. The molecule has 0 fully saturated rings. The fourth-order valence-corrected chi connectivity index (χ4v) is 2.60. The molecule has 0 spiro atoms. The first kappa shape index (κ1) is 23.2. The molecule has 1 amide bonds. The zero-order chi connectivity index (χ0) is 21.8. The van der Waals surface area contributed by atoms with Crippen LogP contribution in [0.3, 0.4) is 0 Å². The molecule has 162 valence electrons. The zero-order valence-corrected chi connectivity index (χ0v) is 17.4. The van der Waals surface area contributed by atoms with Gasteiger partial charge in [-0.1, -0.05) is 18.2 Å². The molecule has 0 heterocycles. The van der Waals surface area contributed by atoms with E-state index in [0.717, 1.165) is 5.56 Å². The summed E-state index contributed by atoms with van der Waals surface area (Å²) in [5, 5.41) is 2.53. The highest BCUT2D eigenvalue weighted by atomic mass is 19.1. The van der Waals surface area contributed by atoms with Crippen molar-refractivity contribution in [1.29, 1.82) is 0 Å². The van der Waals surface area contributed by atoms with Crippen LogP contribution in [0.5, 0.6) is 11.5 Å². The lowest BCUT2D eigenvalue weighted by Crippen LogP contribution is -2.34. The van der Waals surface area contributed by atoms with Crippen molar-refractivity contribution >= 4 is 11.9 Å². The second-order valence-corrected chi connectivity index (χ2v) is 6.11. The van der Waals surface area contributed by atoms with Crippen LogP contribution < -0.4 is 14.8 Å². The van der Waals surface area contributed by atoms with Crippen LogP contribution in [0.4, 0.5) is 4.39 Å². The van der Waals surface area contributed by atoms with Gasteiger partial charge in [-0.3, -0.25) is 10.1 Å². The van der Waals surface area contributed by atoms with Crippen LogP contribution in [0.2, 0.25) is 0 Å². The van der Waals surface area contributed by atoms with Crippen LogP contribution in [0.25, 0.3) is 0 Å². The van der Waals surface area contributed by atoms with E-state index in [-0.39, 0.29) is 18.2 Å². The van der Waals surface area contributed by atoms with Crippen molar-refractivity contribution in [1.82, 2.24) is 5.32 Å². The Labute approximate surface area is 175 Å². The second-order valence-electron chi connectivity index (χ2n) is 6.11. The number of amides is 1. The van der Waals surface area contributed by atoms with E-state index in [2.05, 4.69) is 10.3 Å². The summed E-state index contributed by atoms with van der Waals surface area (Å²) >= 11 is 0. The Balaban J connectivity index is 2.05. The summed E-state index contributed by atoms with van der Waals surface area (Å²) in [5.74, 6) is 0.0187. The van der Waals surface area contributed by atoms with Crippen molar-refractivity contribution in [2.24, 2.45) is 4.99 Å². The molecule has 0 aromatic heterocycles. The molecule has 0 saturated heterocycles. The number of hydrogen-bond acceptors (Lipinski definition) is 6. The molecule has 2 aromatic carbocycles. The molecule has 0 aliphatic carbocycles. The van der Waals surface area contributed by atoms with Crippen LogP contribution >= 0.6 is 0 Å². The number of ether oxygens (including phenoxy) is 4. The summed E-state index contributed by atoms with van der Waals surface area (Å²) < 4.78 is 35.2. The van der Waals surface area contributed by atoms with E-state index >= 15 is 0 Å². The minimum Gasteiger partial charge on any atom is -0.493 e. The van der Waals surface area contributed by atoms with Crippen molar-refractivity contribution in [3.05, 3.63) is 59.4 Å². The van der Waals surface area contributed by atoms with E-state index in [1.807, 2.05) is 25.1 Å². The zero-order valence-electron chi connectivity index (χ0n) is 17.4. The minimum absolute atomic E-state index is 0.0171. The number of nitrogens with one attached hydrogen (secondary N) is 1. The molecule has 7 nitrogen and oxygen atoms in total. The predicted molar refractivity (Wildman–Crippen MR) is 112 cm³/mol. The first-order valence-corrected chi connectivity index (χ1v) is 9.60. The summed E-state index contributed by atoms with van der Waals surface area (Å²) in [6.07, 6.45) is 0.578. The third-order valence-corrected chi connectivity index (χ3v) is 4.11. The number of carbonyl (C=O) groups is 1. The van der Waals surface area contributed by atoms with Crippen molar-refractivity contribution in [3.8, 4) is 11.5 Å². The Hall–Kier alpha value is -3.13. The number of hydrogen-bond donors (Lipinski definition) is 1. The Morgan fingerprint density at radius 3 is 2.53 bits per heavy atom. The predicted octanol–water partition coefficient (Wildman–Crippen LogP) is 3.22. The maximum Gasteiger partial charge on any atom is 0.291 e. The lowest BCUT2D eigenvalue weighted by atomic mass is 10.1. The summed E-state index contributed by atoms with van der Waals surface area (Å²) in [5.41, 5.74) is 0.893. The van der Waals surface area contributed by atoms with Crippen molar-refractivity contribution in [2.45, 2.75) is 13.3 Å². The molecule has 1 N–H and O–H groups in total. The number of methoxy groups -OCH3 is 2. The van der Waals surface area contributed by atoms with Gasteiger partial charge in [0, 0.05) is 13.2 Å². The number of halogens is 1. The van der Waals surface area contributed by atoms with Gasteiger partial charge in [0.05, 0.1) is 26.4 Å². The number of nitrogens with zero attached hydrogens (tertiary/aromatic N) is 1. The molecule has 0 saturated carbocycles. The number of benzene rings is 2. The molecule has 0 radical (unpaired) electrons. The van der Waals surface area contributed by atoms with Crippen LogP contribution in [0, 0.1) is 5.82 Å². The maximum atomic E-state index is 13.9. The van der Waals surface area contributed by atoms with Crippen molar-refractivity contribution in [3.63, 3.8) is 0 Å². The molecule has 30 heavy (non-hydrogen) atoms. The molecular formula is C22H27FN2O5. The van der Waals surface area contributed by atoms with Crippen molar-refractivity contribution in [2.75, 3.05) is 40.6 Å². The highest BCUT2D eigenvalue weighted by Gasteiger charge is 2.14. The van der Waals surface area contributed by atoms with Gasteiger partial charge in [-0.25, -0.2) is 9.38 Å². The normalized spacial score (nSPS) is 11.1. The monoisotopic (exact) mass is 418 g/mol. The lowest BCUT2D eigenvalue weighted by molar-refractivity contribution is 0.0919. The van der Waals surface area contributed by atoms with E-state index in [9.17, 15) is 9.18 Å². The van der Waals surface area contributed by atoms with Gasteiger partial charge >= 0.3 is 0 Å². The van der Waals surface area contributed by atoms with E-state index < -0.39 is 11.7 Å². The second kappa shape index (κ2) is 12.4. The highest BCUT2D eigenvalue weighted by molar-refractivity contribution is 6.04. The molecule has 2 aromatic rings. The average Bonchev–Trinajstić information content (AvgIpc) is 2.76. The van der Waals surface area contributed by atoms with E-state index in [0.29, 0.717) is 37.7 Å². The number of aliphatic imine (C=N–C) groups is 1. The average molecular weight is 418 g/mol.